The number of carbonyl (C=O) groups excluding carboxylic acids is 2. The second kappa shape index (κ2) is 10.1. The van der Waals surface area contributed by atoms with E-state index < -0.39 is 30.3 Å². The quantitative estimate of drug-likeness (QED) is 0.626. The lowest BCUT2D eigenvalue weighted by atomic mass is 10.1. The van der Waals surface area contributed by atoms with Crippen LogP contribution in [-0.4, -0.2) is 34.6 Å². The zero-order chi connectivity index (χ0) is 19.7. The molecular formula is C18H23FN4O3. The van der Waals surface area contributed by atoms with Crippen LogP contribution in [0.4, 0.5) is 15.8 Å². The summed E-state index contributed by atoms with van der Waals surface area (Å²) in [5.41, 5.74) is 6.39. The first-order valence-corrected chi connectivity index (χ1v) is 8.10. The topological polar surface area (TPSA) is 117 Å². The van der Waals surface area contributed by atoms with Crippen LogP contribution >= 0.6 is 0 Å². The fourth-order valence-corrected chi connectivity index (χ4v) is 2.00. The van der Waals surface area contributed by atoms with Gasteiger partial charge in [0.05, 0.1) is 29.7 Å². The molecule has 1 aromatic carbocycles. The average Bonchev–Trinajstić information content (AvgIpc) is 2.63. The predicted octanol–water partition coefficient (Wildman–Crippen LogP) is 1.87. The van der Waals surface area contributed by atoms with E-state index in [0.717, 1.165) is 5.56 Å². The summed E-state index contributed by atoms with van der Waals surface area (Å²) in [4.78, 5) is 27.3. The van der Waals surface area contributed by atoms with Crippen molar-refractivity contribution in [3.05, 3.63) is 53.6 Å². The van der Waals surface area contributed by atoms with Crippen LogP contribution in [0.2, 0.25) is 0 Å². The molecule has 0 aliphatic carbocycles. The first-order chi connectivity index (χ1) is 12.4. The highest BCUT2D eigenvalue weighted by Crippen LogP contribution is 2.23. The monoisotopic (exact) mass is 362 g/mol. The molecular weight excluding hydrogens is 339 g/mol. The molecule has 1 unspecified atom stereocenters. The number of pyridine rings is 1. The Balaban J connectivity index is 0.00000163. The zero-order valence-electron chi connectivity index (χ0n) is 14.9. The number of halogens is 1. The summed E-state index contributed by atoms with van der Waals surface area (Å²) >= 11 is 0. The Morgan fingerprint density at radius 1 is 1.27 bits per heavy atom. The number of nitrogens with two attached hydrogens (primary N) is 1. The van der Waals surface area contributed by atoms with Gasteiger partial charge in [0.15, 0.2) is 0 Å². The molecule has 0 radical (unpaired) electrons. The number of aliphatic hydroxyl groups excluding tert-OH is 1. The molecule has 1 aromatic heterocycles. The van der Waals surface area contributed by atoms with Gasteiger partial charge in [-0.3, -0.25) is 14.6 Å². The van der Waals surface area contributed by atoms with Crippen LogP contribution in [0, 0.1) is 12.7 Å². The van der Waals surface area contributed by atoms with Crippen molar-refractivity contribution in [2.24, 2.45) is 5.73 Å². The highest BCUT2D eigenvalue weighted by Gasteiger charge is 2.20. The number of carbonyl (C=O) groups is 2. The van der Waals surface area contributed by atoms with Crippen LogP contribution in [0.3, 0.4) is 0 Å². The summed E-state index contributed by atoms with van der Waals surface area (Å²) in [5, 5.41) is 14.2. The molecule has 7 nitrogen and oxygen atoms in total. The molecule has 0 fully saturated rings. The molecule has 8 heteroatoms. The molecule has 2 aromatic rings. The van der Waals surface area contributed by atoms with E-state index in [1.54, 1.807) is 19.1 Å². The number of aryl methyl sites for hydroxylation is 1. The number of rotatable bonds is 6. The maximum atomic E-state index is 14.0. The van der Waals surface area contributed by atoms with Gasteiger partial charge < -0.3 is 21.5 Å². The van der Waals surface area contributed by atoms with Crippen LogP contribution < -0.4 is 16.4 Å². The van der Waals surface area contributed by atoms with Crippen molar-refractivity contribution < 1.29 is 19.1 Å². The van der Waals surface area contributed by atoms with Crippen molar-refractivity contribution in [3.8, 4) is 0 Å². The van der Waals surface area contributed by atoms with Crippen LogP contribution in [0.25, 0.3) is 0 Å². The van der Waals surface area contributed by atoms with Crippen molar-refractivity contribution >= 4 is 23.2 Å². The number of amides is 2. The third-order valence-corrected chi connectivity index (χ3v) is 3.29. The Kier molecular flexibility index (Phi) is 8.17. The lowest BCUT2D eigenvalue weighted by Crippen LogP contribution is -2.46. The minimum atomic E-state index is -1.21. The second-order valence-electron chi connectivity index (χ2n) is 5.14. The molecule has 0 aliphatic rings. The van der Waals surface area contributed by atoms with Gasteiger partial charge in [-0.25, -0.2) is 4.39 Å². The first kappa shape index (κ1) is 21.0. The SMILES string of the molecule is CC.Cc1ccc(Nc2cnccc2C(=O)NC(CO)C(N)=O)c(F)c1. The Labute approximate surface area is 151 Å². The molecule has 5 N–H and O–H groups in total. The van der Waals surface area contributed by atoms with Gasteiger partial charge >= 0.3 is 0 Å². The van der Waals surface area contributed by atoms with Crippen LogP contribution in [0.15, 0.2) is 36.7 Å². The smallest absolute Gasteiger partial charge is 0.254 e. The molecule has 2 rings (SSSR count). The highest BCUT2D eigenvalue weighted by molar-refractivity contribution is 6.02. The molecule has 26 heavy (non-hydrogen) atoms. The van der Waals surface area contributed by atoms with E-state index in [1.165, 1.54) is 24.5 Å². The maximum absolute atomic E-state index is 14.0. The van der Waals surface area contributed by atoms with Gasteiger partial charge in [0.25, 0.3) is 5.91 Å². The molecule has 0 aliphatic heterocycles. The second-order valence-corrected chi connectivity index (χ2v) is 5.14. The number of nitrogens with one attached hydrogen (secondary N) is 2. The Hall–Kier alpha value is -3.00. The van der Waals surface area contributed by atoms with Crippen molar-refractivity contribution in [2.45, 2.75) is 26.8 Å². The zero-order valence-corrected chi connectivity index (χ0v) is 14.9. The van der Waals surface area contributed by atoms with Gasteiger partial charge in [-0.05, 0) is 30.7 Å². The molecule has 0 bridgehead atoms. The number of hydrogen-bond donors (Lipinski definition) is 4. The largest absolute Gasteiger partial charge is 0.394 e. The van der Waals surface area contributed by atoms with Crippen LogP contribution in [0.5, 0.6) is 0 Å². The fraction of sp³-hybridized carbons (Fsp3) is 0.278. The van der Waals surface area contributed by atoms with Gasteiger partial charge in [-0.15, -0.1) is 0 Å². The fourth-order valence-electron chi connectivity index (χ4n) is 2.00. The summed E-state index contributed by atoms with van der Waals surface area (Å²) < 4.78 is 14.0. The molecule has 2 amide bonds. The van der Waals surface area contributed by atoms with Gasteiger partial charge in [0, 0.05) is 6.20 Å². The summed E-state index contributed by atoms with van der Waals surface area (Å²) in [6.07, 6.45) is 2.73. The maximum Gasteiger partial charge on any atom is 0.254 e. The number of benzene rings is 1. The van der Waals surface area contributed by atoms with E-state index in [4.69, 9.17) is 10.8 Å². The van der Waals surface area contributed by atoms with E-state index in [0.29, 0.717) is 0 Å². The van der Waals surface area contributed by atoms with Crippen molar-refractivity contribution in [1.82, 2.24) is 10.3 Å². The number of nitrogens with zero attached hydrogens (tertiary/aromatic N) is 1. The summed E-state index contributed by atoms with van der Waals surface area (Å²) in [7, 11) is 0. The van der Waals surface area contributed by atoms with Gasteiger partial charge in [0.2, 0.25) is 5.91 Å². The van der Waals surface area contributed by atoms with E-state index in [9.17, 15) is 14.0 Å². The van der Waals surface area contributed by atoms with Crippen LogP contribution in [-0.2, 0) is 4.79 Å². The van der Waals surface area contributed by atoms with E-state index in [-0.39, 0.29) is 16.9 Å². The summed E-state index contributed by atoms with van der Waals surface area (Å²) in [6.45, 7) is 5.14. The Morgan fingerprint density at radius 3 is 2.54 bits per heavy atom. The number of aromatic nitrogens is 1. The predicted molar refractivity (Wildman–Crippen MR) is 97.5 cm³/mol. The molecule has 1 atom stereocenters. The Morgan fingerprint density at radius 2 is 1.96 bits per heavy atom. The number of anilines is 2. The van der Waals surface area contributed by atoms with E-state index in [1.807, 2.05) is 13.8 Å². The Bertz CT molecular complexity index is 768. The van der Waals surface area contributed by atoms with E-state index >= 15 is 0 Å². The highest BCUT2D eigenvalue weighted by atomic mass is 19.1. The molecule has 0 spiro atoms. The minimum Gasteiger partial charge on any atom is -0.394 e. The number of primary amides is 1. The number of hydrogen-bond acceptors (Lipinski definition) is 5. The third kappa shape index (κ3) is 5.52. The normalized spacial score (nSPS) is 11.0. The first-order valence-electron chi connectivity index (χ1n) is 8.10. The third-order valence-electron chi connectivity index (χ3n) is 3.29. The van der Waals surface area contributed by atoms with Gasteiger partial charge in [-0.2, -0.15) is 0 Å². The molecule has 0 saturated carbocycles. The summed E-state index contributed by atoms with van der Waals surface area (Å²) in [5.74, 6) is -1.99. The average molecular weight is 362 g/mol. The van der Waals surface area contributed by atoms with Gasteiger partial charge in [0.1, 0.15) is 11.9 Å². The molecule has 1 heterocycles. The molecule has 0 saturated heterocycles. The van der Waals surface area contributed by atoms with Crippen molar-refractivity contribution in [3.63, 3.8) is 0 Å². The molecule has 140 valence electrons. The van der Waals surface area contributed by atoms with Gasteiger partial charge in [-0.1, -0.05) is 19.9 Å². The van der Waals surface area contributed by atoms with E-state index in [2.05, 4.69) is 15.6 Å². The standard InChI is InChI=1S/C16H17FN4O3.C2H6/c1-9-2-3-12(11(17)6-9)20-13-7-19-5-4-10(13)16(24)21-14(8-22)15(18)23;1-2/h2-7,14,20,22H,8H2,1H3,(H2,18,23)(H,21,24);1-2H3. The van der Waals surface area contributed by atoms with Crippen molar-refractivity contribution in [1.29, 1.82) is 0 Å². The lowest BCUT2D eigenvalue weighted by Gasteiger charge is -2.15. The van der Waals surface area contributed by atoms with Crippen LogP contribution in [0.1, 0.15) is 29.8 Å². The lowest BCUT2D eigenvalue weighted by molar-refractivity contribution is -0.120. The number of aliphatic hydroxyl groups is 1. The minimum absolute atomic E-state index is 0.129. The van der Waals surface area contributed by atoms with Crippen molar-refractivity contribution in [2.75, 3.05) is 11.9 Å². The summed E-state index contributed by atoms with van der Waals surface area (Å²) in [6, 6.07) is 4.80.